The van der Waals surface area contributed by atoms with Gasteiger partial charge in [-0.05, 0) is 45.6 Å². The summed E-state index contributed by atoms with van der Waals surface area (Å²) in [5.74, 6) is 0.970. The highest BCUT2D eigenvalue weighted by Crippen LogP contribution is 2.41. The van der Waals surface area contributed by atoms with Gasteiger partial charge in [0, 0.05) is 65.6 Å². The Bertz CT molecular complexity index is 421. The van der Waals surface area contributed by atoms with Gasteiger partial charge in [0.15, 0.2) is 5.96 Å². The minimum absolute atomic E-state index is 0. The predicted molar refractivity (Wildman–Crippen MR) is 125 cm³/mol. The molecule has 0 amide bonds. The molecule has 2 N–H and O–H groups in total. The van der Waals surface area contributed by atoms with Crippen molar-refractivity contribution in [2.24, 2.45) is 10.4 Å². The summed E-state index contributed by atoms with van der Waals surface area (Å²) < 4.78 is 5.35. The van der Waals surface area contributed by atoms with Crippen LogP contribution in [-0.4, -0.2) is 88.4 Å². The number of ether oxygens (including phenoxy) is 1. The van der Waals surface area contributed by atoms with Gasteiger partial charge in [-0.25, -0.2) is 0 Å². The number of nitrogens with one attached hydrogen (secondary N) is 2. The molecule has 1 aliphatic heterocycles. The molecule has 0 bridgehead atoms. The summed E-state index contributed by atoms with van der Waals surface area (Å²) >= 11 is 0. The lowest BCUT2D eigenvalue weighted by Gasteiger charge is -2.36. The van der Waals surface area contributed by atoms with Crippen LogP contribution in [0.3, 0.4) is 0 Å². The third kappa shape index (κ3) is 8.41. The molecular formula is C20H42IN5O. The van der Waals surface area contributed by atoms with Crippen molar-refractivity contribution in [3.8, 4) is 0 Å². The van der Waals surface area contributed by atoms with E-state index in [0.29, 0.717) is 11.5 Å². The van der Waals surface area contributed by atoms with Gasteiger partial charge in [-0.3, -0.25) is 9.89 Å². The number of guanidine groups is 1. The minimum Gasteiger partial charge on any atom is -0.385 e. The number of methoxy groups -OCH3 is 1. The van der Waals surface area contributed by atoms with Gasteiger partial charge in [0.1, 0.15) is 0 Å². The standard InChI is InChI=1S/C20H41N5O.HI/c1-5-21-19(22-16-18(2)25-13-11-24(3)12-14-25)23-17-20(10-15-26-4)8-6-7-9-20;/h18H,5-17H2,1-4H3,(H2,21,22,23);1H. The van der Waals surface area contributed by atoms with Crippen molar-refractivity contribution in [3.63, 3.8) is 0 Å². The molecule has 7 heteroatoms. The van der Waals surface area contributed by atoms with E-state index < -0.39 is 0 Å². The zero-order valence-electron chi connectivity index (χ0n) is 17.9. The van der Waals surface area contributed by atoms with Crippen LogP contribution in [0, 0.1) is 5.41 Å². The number of aliphatic imine (C=N–C) groups is 1. The molecule has 1 saturated heterocycles. The van der Waals surface area contributed by atoms with Crippen LogP contribution in [0.25, 0.3) is 0 Å². The number of piperazine rings is 1. The number of nitrogens with zero attached hydrogens (tertiary/aromatic N) is 3. The van der Waals surface area contributed by atoms with E-state index in [0.717, 1.165) is 51.7 Å². The molecule has 1 atom stereocenters. The van der Waals surface area contributed by atoms with Crippen molar-refractivity contribution in [1.82, 2.24) is 20.4 Å². The molecule has 0 aromatic rings. The molecule has 1 aliphatic carbocycles. The Morgan fingerprint density at radius 2 is 1.81 bits per heavy atom. The number of halogens is 1. The van der Waals surface area contributed by atoms with E-state index in [1.54, 1.807) is 7.11 Å². The van der Waals surface area contributed by atoms with Crippen molar-refractivity contribution in [2.45, 2.75) is 52.0 Å². The average Bonchev–Trinajstić information content (AvgIpc) is 3.12. The third-order valence-electron chi connectivity index (χ3n) is 6.14. The van der Waals surface area contributed by atoms with Gasteiger partial charge in [-0.15, -0.1) is 24.0 Å². The van der Waals surface area contributed by atoms with Crippen LogP contribution in [0.2, 0.25) is 0 Å². The summed E-state index contributed by atoms with van der Waals surface area (Å²) in [5, 5.41) is 7.00. The van der Waals surface area contributed by atoms with E-state index >= 15 is 0 Å². The molecule has 1 unspecified atom stereocenters. The summed E-state index contributed by atoms with van der Waals surface area (Å²) in [7, 11) is 4.01. The first-order chi connectivity index (χ1) is 12.6. The first kappa shape index (κ1) is 24.9. The lowest BCUT2D eigenvalue weighted by atomic mass is 9.83. The van der Waals surface area contributed by atoms with E-state index in [1.165, 1.54) is 38.8 Å². The number of hydrogen-bond donors (Lipinski definition) is 2. The number of rotatable bonds is 9. The molecule has 1 heterocycles. The fourth-order valence-corrected chi connectivity index (χ4v) is 4.16. The van der Waals surface area contributed by atoms with Gasteiger partial charge in [-0.1, -0.05) is 12.8 Å². The van der Waals surface area contributed by atoms with Crippen LogP contribution in [0.1, 0.15) is 46.0 Å². The summed E-state index contributed by atoms with van der Waals surface area (Å²) in [6, 6.07) is 0.529. The maximum atomic E-state index is 5.35. The van der Waals surface area contributed by atoms with Gasteiger partial charge in [-0.2, -0.15) is 0 Å². The smallest absolute Gasteiger partial charge is 0.191 e. The predicted octanol–water partition coefficient (Wildman–Crippen LogP) is 2.39. The fraction of sp³-hybridized carbons (Fsp3) is 0.950. The van der Waals surface area contributed by atoms with E-state index in [4.69, 9.17) is 9.73 Å². The molecular weight excluding hydrogens is 453 g/mol. The van der Waals surface area contributed by atoms with Crippen molar-refractivity contribution < 1.29 is 4.74 Å². The maximum absolute atomic E-state index is 5.35. The Labute approximate surface area is 183 Å². The molecule has 0 aromatic heterocycles. The maximum Gasteiger partial charge on any atom is 0.191 e. The topological polar surface area (TPSA) is 52.1 Å². The SMILES string of the molecule is CCNC(=NCC1(CCOC)CCCC1)NCC(C)N1CCN(C)CC1.I. The summed E-state index contributed by atoms with van der Waals surface area (Å²) in [6.45, 7) is 12.7. The fourth-order valence-electron chi connectivity index (χ4n) is 4.16. The molecule has 0 radical (unpaired) electrons. The molecule has 2 aliphatic rings. The zero-order chi connectivity index (χ0) is 18.8. The second-order valence-electron chi connectivity index (χ2n) is 8.21. The molecule has 27 heavy (non-hydrogen) atoms. The van der Waals surface area contributed by atoms with Gasteiger partial charge in [0.05, 0.1) is 0 Å². The highest BCUT2D eigenvalue weighted by molar-refractivity contribution is 14.0. The highest BCUT2D eigenvalue weighted by atomic mass is 127. The quantitative estimate of drug-likeness (QED) is 0.292. The van der Waals surface area contributed by atoms with E-state index in [9.17, 15) is 0 Å². The van der Waals surface area contributed by atoms with Gasteiger partial charge >= 0.3 is 0 Å². The lowest BCUT2D eigenvalue weighted by Crippen LogP contribution is -2.52. The van der Waals surface area contributed by atoms with Crippen molar-refractivity contribution >= 4 is 29.9 Å². The lowest BCUT2D eigenvalue weighted by molar-refractivity contribution is 0.120. The van der Waals surface area contributed by atoms with Gasteiger partial charge < -0.3 is 20.3 Å². The molecule has 2 rings (SSSR count). The van der Waals surface area contributed by atoms with Crippen LogP contribution >= 0.6 is 24.0 Å². The van der Waals surface area contributed by atoms with Crippen molar-refractivity contribution in [3.05, 3.63) is 0 Å². The Kier molecular flexibility index (Phi) is 12.2. The van der Waals surface area contributed by atoms with Gasteiger partial charge in [0.2, 0.25) is 0 Å². The third-order valence-corrected chi connectivity index (χ3v) is 6.14. The summed E-state index contributed by atoms with van der Waals surface area (Å²) in [5.41, 5.74) is 0.349. The normalized spacial score (nSPS) is 22.3. The Balaban J connectivity index is 0.00000364. The Morgan fingerprint density at radius 3 is 2.41 bits per heavy atom. The second-order valence-corrected chi connectivity index (χ2v) is 8.21. The largest absolute Gasteiger partial charge is 0.385 e. The van der Waals surface area contributed by atoms with Crippen LogP contribution in [0.4, 0.5) is 0 Å². The van der Waals surface area contributed by atoms with Crippen LogP contribution in [-0.2, 0) is 4.74 Å². The number of hydrogen-bond acceptors (Lipinski definition) is 4. The van der Waals surface area contributed by atoms with Crippen LogP contribution in [0.15, 0.2) is 4.99 Å². The monoisotopic (exact) mass is 495 g/mol. The van der Waals surface area contributed by atoms with Gasteiger partial charge in [0.25, 0.3) is 0 Å². The van der Waals surface area contributed by atoms with Crippen molar-refractivity contribution in [1.29, 1.82) is 0 Å². The first-order valence-electron chi connectivity index (χ1n) is 10.5. The molecule has 1 saturated carbocycles. The number of likely N-dealkylation sites (N-methyl/N-ethyl adjacent to an activating group) is 1. The molecule has 0 aromatic carbocycles. The molecule has 160 valence electrons. The molecule has 0 spiro atoms. The average molecular weight is 495 g/mol. The molecule has 2 fully saturated rings. The Hall–Kier alpha value is -0.120. The highest BCUT2D eigenvalue weighted by Gasteiger charge is 2.33. The van der Waals surface area contributed by atoms with E-state index in [1.807, 2.05) is 0 Å². The minimum atomic E-state index is 0. The zero-order valence-corrected chi connectivity index (χ0v) is 20.3. The molecule has 6 nitrogen and oxygen atoms in total. The second kappa shape index (κ2) is 13.2. The van der Waals surface area contributed by atoms with E-state index in [-0.39, 0.29) is 24.0 Å². The van der Waals surface area contributed by atoms with Crippen LogP contribution < -0.4 is 10.6 Å². The summed E-state index contributed by atoms with van der Waals surface area (Å²) in [6.07, 6.45) is 6.38. The van der Waals surface area contributed by atoms with Crippen LogP contribution in [0.5, 0.6) is 0 Å². The van der Waals surface area contributed by atoms with E-state index in [2.05, 4.69) is 41.3 Å². The van der Waals surface area contributed by atoms with Crippen molar-refractivity contribution in [2.75, 3.05) is 66.6 Å². The summed E-state index contributed by atoms with van der Waals surface area (Å²) in [4.78, 5) is 9.94. The Morgan fingerprint density at radius 1 is 1.15 bits per heavy atom. The first-order valence-corrected chi connectivity index (χ1v) is 10.5.